The fourth-order valence-electron chi connectivity index (χ4n) is 4.68. The molecule has 4 aromatic rings. The number of nitrogens with zero attached hydrogens (tertiary/aromatic N) is 6. The van der Waals surface area contributed by atoms with Gasteiger partial charge in [-0.3, -0.25) is 9.59 Å². The zero-order valence-corrected chi connectivity index (χ0v) is 21.1. The van der Waals surface area contributed by atoms with Gasteiger partial charge in [-0.15, -0.1) is 0 Å². The highest BCUT2D eigenvalue weighted by Gasteiger charge is 2.24. The topological polar surface area (TPSA) is 121 Å². The van der Waals surface area contributed by atoms with Gasteiger partial charge in [-0.25, -0.2) is 9.97 Å². The molecule has 3 heterocycles. The normalized spacial score (nSPS) is 13.3. The summed E-state index contributed by atoms with van der Waals surface area (Å²) in [5, 5.41) is 12.7. The van der Waals surface area contributed by atoms with E-state index >= 15 is 0 Å². The van der Waals surface area contributed by atoms with E-state index in [2.05, 4.69) is 31.2 Å². The molecule has 1 aliphatic rings. The Bertz CT molecular complexity index is 1480. The van der Waals surface area contributed by atoms with Gasteiger partial charge in [-0.1, -0.05) is 6.07 Å². The van der Waals surface area contributed by atoms with Gasteiger partial charge in [-0.05, 0) is 48.5 Å². The predicted octanol–water partition coefficient (Wildman–Crippen LogP) is 3.07. The van der Waals surface area contributed by atoms with E-state index in [0.717, 1.165) is 16.8 Å². The van der Waals surface area contributed by atoms with E-state index in [4.69, 9.17) is 5.26 Å². The van der Waals surface area contributed by atoms with Crippen molar-refractivity contribution in [2.75, 3.05) is 49.1 Å². The Labute approximate surface area is 220 Å². The summed E-state index contributed by atoms with van der Waals surface area (Å²) in [5.41, 5.74) is 3.80. The molecule has 1 saturated heterocycles. The molecule has 1 fully saturated rings. The summed E-state index contributed by atoms with van der Waals surface area (Å²) in [7, 11) is 0. The standard InChI is InChI=1S/C28H28N8O2/c1-20(37)30-11-12-36(27-25-9-10-31-26(25)32-19-33-27)24-4-2-3-22(17-24)28(38)35-15-13-34(14-16-35)23-7-5-21(18-29)6-8-23/h2-10,17,19H,11-16H2,1H3,(H,30,37)(H,31,32,33). The van der Waals surface area contributed by atoms with Crippen molar-refractivity contribution in [1.29, 1.82) is 5.26 Å². The lowest BCUT2D eigenvalue weighted by Crippen LogP contribution is -2.48. The third-order valence-corrected chi connectivity index (χ3v) is 6.63. The zero-order valence-electron chi connectivity index (χ0n) is 21.1. The van der Waals surface area contributed by atoms with Crippen molar-refractivity contribution in [2.45, 2.75) is 6.92 Å². The van der Waals surface area contributed by atoms with Crippen LogP contribution in [0.2, 0.25) is 0 Å². The largest absolute Gasteiger partial charge is 0.368 e. The maximum Gasteiger partial charge on any atom is 0.254 e. The molecule has 0 atom stereocenters. The van der Waals surface area contributed by atoms with E-state index in [9.17, 15) is 9.59 Å². The number of rotatable bonds is 7. The average molecular weight is 509 g/mol. The van der Waals surface area contributed by atoms with Crippen LogP contribution in [0, 0.1) is 11.3 Å². The van der Waals surface area contributed by atoms with Gasteiger partial charge in [-0.2, -0.15) is 5.26 Å². The van der Waals surface area contributed by atoms with E-state index in [1.54, 1.807) is 0 Å². The molecular weight excluding hydrogens is 480 g/mol. The van der Waals surface area contributed by atoms with Crippen LogP contribution >= 0.6 is 0 Å². The molecule has 0 spiro atoms. The number of nitrogens with one attached hydrogen (secondary N) is 2. The van der Waals surface area contributed by atoms with Gasteiger partial charge in [0.05, 0.1) is 17.0 Å². The van der Waals surface area contributed by atoms with Crippen LogP contribution < -0.4 is 15.1 Å². The highest BCUT2D eigenvalue weighted by molar-refractivity contribution is 5.96. The smallest absolute Gasteiger partial charge is 0.254 e. The van der Waals surface area contributed by atoms with Crippen molar-refractivity contribution in [3.63, 3.8) is 0 Å². The maximum atomic E-state index is 13.5. The first-order chi connectivity index (χ1) is 18.5. The van der Waals surface area contributed by atoms with Crippen LogP contribution in [0.1, 0.15) is 22.8 Å². The van der Waals surface area contributed by atoms with Crippen molar-refractivity contribution in [3.05, 3.63) is 78.2 Å². The van der Waals surface area contributed by atoms with E-state index in [1.165, 1.54) is 13.3 Å². The molecule has 0 unspecified atom stereocenters. The first-order valence-corrected chi connectivity index (χ1v) is 12.5. The van der Waals surface area contributed by atoms with Crippen LogP contribution in [0.4, 0.5) is 17.2 Å². The molecule has 2 aromatic heterocycles. The summed E-state index contributed by atoms with van der Waals surface area (Å²) in [5.74, 6) is 0.563. The molecule has 2 amide bonds. The number of piperazine rings is 1. The summed E-state index contributed by atoms with van der Waals surface area (Å²) < 4.78 is 0. The van der Waals surface area contributed by atoms with Crippen LogP contribution in [0.3, 0.4) is 0 Å². The van der Waals surface area contributed by atoms with Gasteiger partial charge in [0.2, 0.25) is 5.91 Å². The van der Waals surface area contributed by atoms with Gasteiger partial charge in [0, 0.05) is 69.3 Å². The number of benzene rings is 2. The third-order valence-electron chi connectivity index (χ3n) is 6.63. The molecule has 0 aliphatic carbocycles. The van der Waals surface area contributed by atoms with Gasteiger partial charge < -0.3 is 25.0 Å². The lowest BCUT2D eigenvalue weighted by Gasteiger charge is -2.36. The monoisotopic (exact) mass is 508 g/mol. The average Bonchev–Trinajstić information content (AvgIpc) is 3.45. The molecule has 1 aliphatic heterocycles. The Morgan fingerprint density at radius 1 is 1.08 bits per heavy atom. The van der Waals surface area contributed by atoms with Crippen LogP contribution in [0.15, 0.2) is 67.1 Å². The number of hydrogen-bond donors (Lipinski definition) is 2. The lowest BCUT2D eigenvalue weighted by molar-refractivity contribution is -0.118. The highest BCUT2D eigenvalue weighted by atomic mass is 16.2. The number of H-pyrrole nitrogens is 1. The molecule has 0 saturated carbocycles. The number of hydrogen-bond acceptors (Lipinski definition) is 7. The first kappa shape index (κ1) is 24.8. The van der Waals surface area contributed by atoms with Crippen molar-refractivity contribution in [1.82, 2.24) is 25.2 Å². The fraction of sp³-hybridized carbons (Fsp3) is 0.250. The number of fused-ring (bicyclic) bond motifs is 1. The quantitative estimate of drug-likeness (QED) is 0.394. The number of aromatic amines is 1. The molecular formula is C28H28N8O2. The fourth-order valence-corrected chi connectivity index (χ4v) is 4.68. The number of carbonyl (C=O) groups excluding carboxylic acids is 2. The number of nitriles is 1. The van der Waals surface area contributed by atoms with Crippen molar-refractivity contribution < 1.29 is 9.59 Å². The highest BCUT2D eigenvalue weighted by Crippen LogP contribution is 2.30. The molecule has 2 aromatic carbocycles. The second-order valence-electron chi connectivity index (χ2n) is 9.06. The molecule has 5 rings (SSSR count). The summed E-state index contributed by atoms with van der Waals surface area (Å²) in [6.07, 6.45) is 3.31. The molecule has 192 valence electrons. The van der Waals surface area contributed by atoms with Crippen LogP contribution in [-0.2, 0) is 4.79 Å². The number of amides is 2. The molecule has 38 heavy (non-hydrogen) atoms. The molecule has 2 N–H and O–H groups in total. The molecule has 0 bridgehead atoms. The van der Waals surface area contributed by atoms with Crippen molar-refractivity contribution in [3.8, 4) is 6.07 Å². The van der Waals surface area contributed by atoms with E-state index in [0.29, 0.717) is 61.9 Å². The van der Waals surface area contributed by atoms with Crippen LogP contribution in [-0.4, -0.2) is 70.9 Å². The van der Waals surface area contributed by atoms with Crippen LogP contribution in [0.5, 0.6) is 0 Å². The molecule has 10 heteroatoms. The van der Waals surface area contributed by atoms with Gasteiger partial charge in [0.25, 0.3) is 5.91 Å². The summed E-state index contributed by atoms with van der Waals surface area (Å²) in [6, 6.07) is 19.1. The Morgan fingerprint density at radius 2 is 1.87 bits per heavy atom. The minimum absolute atomic E-state index is 0.0254. The van der Waals surface area contributed by atoms with Crippen molar-refractivity contribution >= 4 is 40.0 Å². The van der Waals surface area contributed by atoms with E-state index in [1.807, 2.05) is 70.6 Å². The minimum Gasteiger partial charge on any atom is -0.368 e. The van der Waals surface area contributed by atoms with Gasteiger partial charge in [0.1, 0.15) is 17.8 Å². The van der Waals surface area contributed by atoms with Gasteiger partial charge >= 0.3 is 0 Å². The van der Waals surface area contributed by atoms with E-state index in [-0.39, 0.29) is 11.8 Å². The molecule has 0 radical (unpaired) electrons. The summed E-state index contributed by atoms with van der Waals surface area (Å²) in [4.78, 5) is 43.0. The summed E-state index contributed by atoms with van der Waals surface area (Å²) >= 11 is 0. The second kappa shape index (κ2) is 11.0. The Hall–Kier alpha value is -4.91. The predicted molar refractivity (Wildman–Crippen MR) is 145 cm³/mol. The number of aromatic nitrogens is 3. The molecule has 10 nitrogen and oxygen atoms in total. The lowest BCUT2D eigenvalue weighted by atomic mass is 10.1. The number of carbonyl (C=O) groups is 2. The third kappa shape index (κ3) is 5.27. The van der Waals surface area contributed by atoms with Crippen LogP contribution in [0.25, 0.3) is 11.0 Å². The summed E-state index contributed by atoms with van der Waals surface area (Å²) in [6.45, 7) is 5.01. The second-order valence-corrected chi connectivity index (χ2v) is 9.06. The SMILES string of the molecule is CC(=O)NCCN(c1cccc(C(=O)N2CCN(c3ccc(C#N)cc3)CC2)c1)c1ncnc2[nH]ccc12. The zero-order chi connectivity index (χ0) is 26.5. The van der Waals surface area contributed by atoms with E-state index < -0.39 is 0 Å². The van der Waals surface area contributed by atoms with Crippen molar-refractivity contribution in [2.24, 2.45) is 0 Å². The first-order valence-electron chi connectivity index (χ1n) is 12.5. The number of anilines is 3. The van der Waals surface area contributed by atoms with Gasteiger partial charge in [0.15, 0.2) is 0 Å². The Kier molecular flexibility index (Phi) is 7.17. The minimum atomic E-state index is -0.108. The Morgan fingerprint density at radius 3 is 2.61 bits per heavy atom. The maximum absolute atomic E-state index is 13.5. The Balaban J connectivity index is 1.34.